The molecule has 142 valence electrons. The van der Waals surface area contributed by atoms with Gasteiger partial charge in [0.05, 0.1) is 24.8 Å². The van der Waals surface area contributed by atoms with Crippen LogP contribution in [0.2, 0.25) is 0 Å². The summed E-state index contributed by atoms with van der Waals surface area (Å²) >= 11 is 0. The maximum absolute atomic E-state index is 13.6. The maximum Gasteiger partial charge on any atom is 0.438 e. The van der Waals surface area contributed by atoms with E-state index in [9.17, 15) is 27.5 Å². The summed E-state index contributed by atoms with van der Waals surface area (Å²) in [6.07, 6.45) is -6.15. The van der Waals surface area contributed by atoms with Crippen LogP contribution in [0, 0.1) is 5.82 Å². The van der Waals surface area contributed by atoms with Crippen LogP contribution in [0.1, 0.15) is 22.3 Å². The molecule has 27 heavy (non-hydrogen) atoms. The van der Waals surface area contributed by atoms with Crippen LogP contribution >= 0.6 is 0 Å². The van der Waals surface area contributed by atoms with Gasteiger partial charge >= 0.3 is 6.18 Å². The van der Waals surface area contributed by atoms with Gasteiger partial charge in [0.2, 0.25) is 0 Å². The van der Waals surface area contributed by atoms with Gasteiger partial charge in [-0.1, -0.05) is 24.3 Å². The Morgan fingerprint density at radius 1 is 1.19 bits per heavy atom. The first kappa shape index (κ1) is 18.8. The quantitative estimate of drug-likeness (QED) is 0.829. The summed E-state index contributed by atoms with van der Waals surface area (Å²) in [4.78, 5) is 12.7. The van der Waals surface area contributed by atoms with Crippen LogP contribution in [-0.4, -0.2) is 40.7 Å². The number of ether oxygens (including phenoxy) is 1. The van der Waals surface area contributed by atoms with Crippen molar-refractivity contribution in [3.63, 3.8) is 0 Å². The minimum absolute atomic E-state index is 0.00352. The second-order valence-electron chi connectivity index (χ2n) is 5.86. The van der Waals surface area contributed by atoms with E-state index in [2.05, 4.69) is 5.10 Å². The van der Waals surface area contributed by atoms with E-state index in [-0.39, 0.29) is 27.6 Å². The molecule has 0 aromatic heterocycles. The molecule has 1 amide bonds. The molecule has 2 aromatic rings. The van der Waals surface area contributed by atoms with E-state index in [1.54, 1.807) is 6.07 Å². The van der Waals surface area contributed by atoms with Gasteiger partial charge in [0.1, 0.15) is 11.6 Å². The number of methoxy groups -OCH3 is 1. The molecular weight excluding hydrogens is 368 g/mol. The standard InChI is InChI=1S/C18H14F4N2O3/c1-27-15-5-3-2-4-13(15)16(25)24-17(26,18(20,21)22)10-14(23-24)11-6-8-12(19)9-7-11/h2-9,26H,10H2,1H3. The molecule has 1 aliphatic rings. The second-order valence-corrected chi connectivity index (χ2v) is 5.86. The van der Waals surface area contributed by atoms with Crippen molar-refractivity contribution >= 4 is 11.6 Å². The van der Waals surface area contributed by atoms with Crippen molar-refractivity contribution in [3.05, 3.63) is 65.5 Å². The van der Waals surface area contributed by atoms with Crippen molar-refractivity contribution in [2.45, 2.75) is 18.3 Å². The topological polar surface area (TPSA) is 62.1 Å². The van der Waals surface area contributed by atoms with Crippen LogP contribution in [0.4, 0.5) is 17.6 Å². The predicted octanol–water partition coefficient (Wildman–Crippen LogP) is 3.34. The Bertz CT molecular complexity index is 896. The molecule has 2 aromatic carbocycles. The highest BCUT2D eigenvalue weighted by Gasteiger charge is 2.63. The Hall–Kier alpha value is -2.94. The number of aliphatic hydroxyl groups is 1. The number of hydrogen-bond acceptors (Lipinski definition) is 4. The van der Waals surface area contributed by atoms with E-state index in [0.717, 1.165) is 12.1 Å². The van der Waals surface area contributed by atoms with Gasteiger partial charge in [-0.25, -0.2) is 4.39 Å². The third-order valence-corrected chi connectivity index (χ3v) is 4.15. The van der Waals surface area contributed by atoms with Crippen LogP contribution in [0.15, 0.2) is 53.6 Å². The first-order valence-corrected chi connectivity index (χ1v) is 7.77. The number of alkyl halides is 3. The summed E-state index contributed by atoms with van der Waals surface area (Å²) in [5, 5.41) is 14.0. The highest BCUT2D eigenvalue weighted by Crippen LogP contribution is 2.42. The van der Waals surface area contributed by atoms with E-state index in [4.69, 9.17) is 4.74 Å². The Kier molecular flexibility index (Phi) is 4.64. The normalized spacial score (nSPS) is 19.8. The van der Waals surface area contributed by atoms with Crippen LogP contribution in [0.3, 0.4) is 0 Å². The largest absolute Gasteiger partial charge is 0.496 e. The van der Waals surface area contributed by atoms with Crippen molar-refractivity contribution in [1.82, 2.24) is 5.01 Å². The molecule has 9 heteroatoms. The lowest BCUT2D eigenvalue weighted by atomic mass is 10.0. The molecule has 1 heterocycles. The average molecular weight is 382 g/mol. The highest BCUT2D eigenvalue weighted by atomic mass is 19.4. The number of halogens is 4. The molecule has 0 aliphatic carbocycles. The lowest BCUT2D eigenvalue weighted by molar-refractivity contribution is -0.297. The Morgan fingerprint density at radius 2 is 1.81 bits per heavy atom. The van der Waals surface area contributed by atoms with E-state index in [0.29, 0.717) is 0 Å². The van der Waals surface area contributed by atoms with Gasteiger partial charge in [-0.2, -0.15) is 23.3 Å². The summed E-state index contributed by atoms with van der Waals surface area (Å²) in [5.74, 6) is -1.72. The number of carbonyl (C=O) groups is 1. The van der Waals surface area contributed by atoms with Gasteiger partial charge in [-0.3, -0.25) is 4.79 Å². The minimum Gasteiger partial charge on any atom is -0.496 e. The van der Waals surface area contributed by atoms with E-state index in [1.807, 2.05) is 0 Å². The molecule has 0 saturated carbocycles. The molecule has 0 saturated heterocycles. The zero-order valence-electron chi connectivity index (χ0n) is 14.0. The van der Waals surface area contributed by atoms with Gasteiger partial charge < -0.3 is 9.84 Å². The van der Waals surface area contributed by atoms with Gasteiger partial charge in [0.15, 0.2) is 0 Å². The summed E-state index contributed by atoms with van der Waals surface area (Å²) in [6.45, 7) is 0. The van der Waals surface area contributed by atoms with Crippen molar-refractivity contribution in [1.29, 1.82) is 0 Å². The van der Waals surface area contributed by atoms with Crippen LogP contribution in [-0.2, 0) is 0 Å². The van der Waals surface area contributed by atoms with E-state index >= 15 is 0 Å². The third-order valence-electron chi connectivity index (χ3n) is 4.15. The monoisotopic (exact) mass is 382 g/mol. The molecule has 5 nitrogen and oxygen atoms in total. The fourth-order valence-electron chi connectivity index (χ4n) is 2.72. The number of para-hydroxylation sites is 1. The number of amides is 1. The molecule has 1 atom stereocenters. The van der Waals surface area contributed by atoms with Crippen molar-refractivity contribution in [2.75, 3.05) is 7.11 Å². The molecule has 0 spiro atoms. The number of rotatable bonds is 3. The number of carbonyl (C=O) groups excluding carboxylic acids is 1. The van der Waals surface area contributed by atoms with E-state index in [1.165, 1.54) is 37.4 Å². The van der Waals surface area contributed by atoms with Crippen molar-refractivity contribution in [2.24, 2.45) is 5.10 Å². The van der Waals surface area contributed by atoms with E-state index < -0.39 is 30.0 Å². The molecule has 0 radical (unpaired) electrons. The van der Waals surface area contributed by atoms with Crippen molar-refractivity contribution < 1.29 is 32.2 Å². The third kappa shape index (κ3) is 3.25. The molecule has 1 aliphatic heterocycles. The Labute approximate surface area is 151 Å². The number of hydrogen-bond donors (Lipinski definition) is 1. The smallest absolute Gasteiger partial charge is 0.438 e. The number of nitrogens with zero attached hydrogens (tertiary/aromatic N) is 2. The summed E-state index contributed by atoms with van der Waals surface area (Å²) < 4.78 is 58.9. The Morgan fingerprint density at radius 3 is 2.41 bits per heavy atom. The van der Waals surface area contributed by atoms with Gasteiger partial charge in [-0.15, -0.1) is 0 Å². The van der Waals surface area contributed by atoms with Crippen LogP contribution in [0.5, 0.6) is 5.75 Å². The fraction of sp³-hybridized carbons (Fsp3) is 0.222. The van der Waals surface area contributed by atoms with Gasteiger partial charge in [0.25, 0.3) is 11.6 Å². The summed E-state index contributed by atoms with van der Waals surface area (Å²) in [6, 6.07) is 10.2. The Balaban J connectivity index is 2.08. The van der Waals surface area contributed by atoms with Crippen LogP contribution in [0.25, 0.3) is 0 Å². The number of hydrazone groups is 1. The summed E-state index contributed by atoms with van der Waals surface area (Å²) in [5.41, 5.74) is -3.76. The maximum atomic E-state index is 13.6. The fourth-order valence-corrected chi connectivity index (χ4v) is 2.72. The molecule has 3 rings (SSSR count). The number of benzene rings is 2. The average Bonchev–Trinajstić information content (AvgIpc) is 3.00. The predicted molar refractivity (Wildman–Crippen MR) is 87.7 cm³/mol. The lowest BCUT2D eigenvalue weighted by Crippen LogP contribution is -2.56. The highest BCUT2D eigenvalue weighted by molar-refractivity contribution is 6.06. The summed E-state index contributed by atoms with van der Waals surface area (Å²) in [7, 11) is 1.26. The van der Waals surface area contributed by atoms with Gasteiger partial charge in [0, 0.05) is 0 Å². The van der Waals surface area contributed by atoms with Crippen molar-refractivity contribution in [3.8, 4) is 5.75 Å². The molecule has 0 bridgehead atoms. The first-order valence-electron chi connectivity index (χ1n) is 7.77. The van der Waals surface area contributed by atoms with Gasteiger partial charge in [-0.05, 0) is 29.8 Å². The van der Waals surface area contributed by atoms with Crippen LogP contribution < -0.4 is 4.74 Å². The molecular formula is C18H14F4N2O3. The second kappa shape index (κ2) is 6.66. The minimum atomic E-state index is -5.17. The SMILES string of the molecule is COc1ccccc1C(=O)N1N=C(c2ccc(F)cc2)CC1(O)C(F)(F)F. The zero-order valence-corrected chi connectivity index (χ0v) is 14.0. The lowest BCUT2D eigenvalue weighted by Gasteiger charge is -2.32. The zero-order chi connectivity index (χ0) is 19.8. The molecule has 1 unspecified atom stereocenters. The molecule has 0 fully saturated rings. The molecule has 1 N–H and O–H groups in total. The first-order chi connectivity index (χ1) is 12.7.